The number of hydrogen-bond donors (Lipinski definition) is 0. The van der Waals surface area contributed by atoms with Gasteiger partial charge in [0.15, 0.2) is 0 Å². The summed E-state index contributed by atoms with van der Waals surface area (Å²) in [5, 5.41) is 0. The zero-order valence-corrected chi connectivity index (χ0v) is 14.9. The molecule has 0 radical (unpaired) electrons. The Hall–Kier alpha value is -1.57. The van der Waals surface area contributed by atoms with Gasteiger partial charge in [-0.25, -0.2) is 9.13 Å². The van der Waals surface area contributed by atoms with E-state index in [1.165, 1.54) is 24.2 Å². The highest BCUT2D eigenvalue weighted by Gasteiger charge is 2.17. The molecular formula is C20H33N2+. The second kappa shape index (κ2) is 10.2. The van der Waals surface area contributed by atoms with Crippen molar-refractivity contribution in [2.75, 3.05) is 0 Å². The number of unbranched alkanes of at least 4 members (excludes halogenated alkanes) is 1. The molecule has 0 saturated carbocycles. The third kappa shape index (κ3) is 5.32. The number of aryl methyl sites for hydroxylation is 1. The standard InChI is InChI=1S/C20H33N2/c1-6-10-11-12-13-19(8-3)20(9-4)17-22-16-15-21(14-7-2)18(22)5/h9,11-13,15-16,20H,4,6-8,10,14,17H2,1-3,5H3/q+1/b12-11-,19-13+. The minimum absolute atomic E-state index is 0.400. The molecule has 1 aromatic heterocycles. The highest BCUT2D eigenvalue weighted by atomic mass is 15.1. The molecule has 1 unspecified atom stereocenters. The molecule has 0 amide bonds. The van der Waals surface area contributed by atoms with Gasteiger partial charge >= 0.3 is 0 Å². The average molecular weight is 301 g/mol. The summed E-state index contributed by atoms with van der Waals surface area (Å²) in [4.78, 5) is 0. The molecule has 1 aromatic rings. The number of rotatable bonds is 10. The van der Waals surface area contributed by atoms with E-state index >= 15 is 0 Å². The summed E-state index contributed by atoms with van der Waals surface area (Å²) in [5.74, 6) is 1.73. The van der Waals surface area contributed by atoms with Crippen molar-refractivity contribution in [2.45, 2.75) is 66.5 Å². The smallest absolute Gasteiger partial charge is 0.235 e. The van der Waals surface area contributed by atoms with Crippen molar-refractivity contribution in [2.24, 2.45) is 5.92 Å². The Balaban J connectivity index is 2.84. The molecule has 1 atom stereocenters. The SMILES string of the molecule is C=CC(C[n+]1ccn(CCC)c1C)/C(=C/C=C\CCC)CC. The molecule has 1 heterocycles. The van der Waals surface area contributed by atoms with E-state index in [0.717, 1.165) is 25.9 Å². The summed E-state index contributed by atoms with van der Waals surface area (Å²) in [6.45, 7) is 15.0. The van der Waals surface area contributed by atoms with Gasteiger partial charge in [0.1, 0.15) is 18.9 Å². The highest BCUT2D eigenvalue weighted by Crippen LogP contribution is 2.17. The topological polar surface area (TPSA) is 8.81 Å². The van der Waals surface area contributed by atoms with Crippen molar-refractivity contribution in [3.05, 3.63) is 54.7 Å². The van der Waals surface area contributed by atoms with Crippen LogP contribution < -0.4 is 4.57 Å². The van der Waals surface area contributed by atoms with Crippen molar-refractivity contribution in [3.63, 3.8) is 0 Å². The molecular weight excluding hydrogens is 268 g/mol. The van der Waals surface area contributed by atoms with Gasteiger partial charge in [0.2, 0.25) is 0 Å². The molecule has 122 valence electrons. The molecule has 0 aromatic carbocycles. The number of aromatic nitrogens is 2. The van der Waals surface area contributed by atoms with E-state index in [1.54, 1.807) is 0 Å². The lowest BCUT2D eigenvalue weighted by atomic mass is 9.96. The molecule has 0 spiro atoms. The fourth-order valence-electron chi connectivity index (χ4n) is 2.73. The predicted octanol–water partition coefficient (Wildman–Crippen LogP) is 4.99. The van der Waals surface area contributed by atoms with Gasteiger partial charge in [-0.3, -0.25) is 0 Å². The van der Waals surface area contributed by atoms with E-state index in [2.05, 4.69) is 80.1 Å². The molecule has 0 aliphatic heterocycles. The maximum absolute atomic E-state index is 4.06. The Morgan fingerprint density at radius 2 is 2.09 bits per heavy atom. The first kappa shape index (κ1) is 18.5. The largest absolute Gasteiger partial charge is 0.253 e. The van der Waals surface area contributed by atoms with Crippen molar-refractivity contribution in [1.29, 1.82) is 0 Å². The number of imidazole rings is 1. The Kier molecular flexibility index (Phi) is 8.57. The third-order valence-corrected chi connectivity index (χ3v) is 4.19. The lowest BCUT2D eigenvalue weighted by Gasteiger charge is -2.14. The molecule has 0 fully saturated rings. The van der Waals surface area contributed by atoms with Gasteiger partial charge in [-0.05, 0) is 19.3 Å². The second-order valence-corrected chi connectivity index (χ2v) is 5.85. The lowest BCUT2D eigenvalue weighted by molar-refractivity contribution is -0.706. The molecule has 22 heavy (non-hydrogen) atoms. The van der Waals surface area contributed by atoms with Gasteiger partial charge in [0.25, 0.3) is 5.82 Å². The molecule has 1 rings (SSSR count). The number of nitrogens with zero attached hydrogens (tertiary/aromatic N) is 2. The summed E-state index contributed by atoms with van der Waals surface area (Å²) in [7, 11) is 0. The van der Waals surface area contributed by atoms with Crippen LogP contribution >= 0.6 is 0 Å². The van der Waals surface area contributed by atoms with Crippen LogP contribution in [0.4, 0.5) is 0 Å². The Labute approximate surface area is 136 Å². The molecule has 0 saturated heterocycles. The van der Waals surface area contributed by atoms with Crippen molar-refractivity contribution in [3.8, 4) is 0 Å². The van der Waals surface area contributed by atoms with Gasteiger partial charge < -0.3 is 0 Å². The fraction of sp³-hybridized carbons (Fsp3) is 0.550. The van der Waals surface area contributed by atoms with Gasteiger partial charge in [-0.2, -0.15) is 0 Å². The summed E-state index contributed by atoms with van der Waals surface area (Å²) in [6.07, 6.45) is 17.8. The van der Waals surface area contributed by atoms with Gasteiger partial charge in [0, 0.05) is 12.8 Å². The number of allylic oxidation sites excluding steroid dienone is 5. The van der Waals surface area contributed by atoms with Crippen LogP contribution in [0, 0.1) is 12.8 Å². The van der Waals surface area contributed by atoms with E-state index in [9.17, 15) is 0 Å². The zero-order chi connectivity index (χ0) is 16.4. The Morgan fingerprint density at radius 3 is 2.68 bits per heavy atom. The molecule has 0 N–H and O–H groups in total. The van der Waals surface area contributed by atoms with E-state index in [1.807, 2.05) is 0 Å². The lowest BCUT2D eigenvalue weighted by Crippen LogP contribution is -2.39. The van der Waals surface area contributed by atoms with Crippen LogP contribution in [-0.2, 0) is 13.1 Å². The zero-order valence-electron chi connectivity index (χ0n) is 14.9. The molecule has 2 heteroatoms. The van der Waals surface area contributed by atoms with Gasteiger partial charge in [-0.1, -0.05) is 57.1 Å². The second-order valence-electron chi connectivity index (χ2n) is 5.85. The van der Waals surface area contributed by atoms with Crippen LogP contribution in [0.3, 0.4) is 0 Å². The van der Waals surface area contributed by atoms with E-state index < -0.39 is 0 Å². The van der Waals surface area contributed by atoms with E-state index in [0.29, 0.717) is 5.92 Å². The summed E-state index contributed by atoms with van der Waals surface area (Å²) < 4.78 is 4.68. The monoisotopic (exact) mass is 301 g/mol. The Bertz CT molecular complexity index is 506. The maximum atomic E-state index is 4.06. The first-order chi connectivity index (χ1) is 10.7. The minimum Gasteiger partial charge on any atom is -0.235 e. The van der Waals surface area contributed by atoms with Gasteiger partial charge in [0.05, 0.1) is 6.54 Å². The predicted molar refractivity (Wildman–Crippen MR) is 95.8 cm³/mol. The summed E-state index contributed by atoms with van der Waals surface area (Å²) >= 11 is 0. The van der Waals surface area contributed by atoms with Crippen molar-refractivity contribution >= 4 is 0 Å². The minimum atomic E-state index is 0.400. The normalized spacial score (nSPS) is 13.7. The fourth-order valence-corrected chi connectivity index (χ4v) is 2.73. The van der Waals surface area contributed by atoms with Crippen molar-refractivity contribution in [1.82, 2.24) is 4.57 Å². The van der Waals surface area contributed by atoms with Crippen LogP contribution in [0.2, 0.25) is 0 Å². The van der Waals surface area contributed by atoms with Gasteiger partial charge in [-0.15, -0.1) is 6.58 Å². The number of hydrogen-bond acceptors (Lipinski definition) is 0. The van der Waals surface area contributed by atoms with Crippen LogP contribution in [0.1, 0.15) is 52.3 Å². The van der Waals surface area contributed by atoms with E-state index in [4.69, 9.17) is 0 Å². The van der Waals surface area contributed by atoms with Crippen LogP contribution in [-0.4, -0.2) is 4.57 Å². The maximum Gasteiger partial charge on any atom is 0.253 e. The third-order valence-electron chi connectivity index (χ3n) is 4.19. The Morgan fingerprint density at radius 1 is 1.32 bits per heavy atom. The molecule has 0 bridgehead atoms. The average Bonchev–Trinajstić information content (AvgIpc) is 2.87. The quantitative estimate of drug-likeness (QED) is 0.327. The van der Waals surface area contributed by atoms with Crippen LogP contribution in [0.5, 0.6) is 0 Å². The van der Waals surface area contributed by atoms with Crippen LogP contribution in [0.15, 0.2) is 48.8 Å². The first-order valence-corrected chi connectivity index (χ1v) is 8.71. The first-order valence-electron chi connectivity index (χ1n) is 8.71. The van der Waals surface area contributed by atoms with E-state index in [-0.39, 0.29) is 0 Å². The molecule has 0 aliphatic rings. The molecule has 2 nitrogen and oxygen atoms in total. The van der Waals surface area contributed by atoms with Crippen LogP contribution in [0.25, 0.3) is 0 Å². The summed E-state index contributed by atoms with van der Waals surface area (Å²) in [6, 6.07) is 0. The molecule has 0 aliphatic carbocycles. The van der Waals surface area contributed by atoms with Crippen molar-refractivity contribution < 1.29 is 4.57 Å². The summed E-state index contributed by atoms with van der Waals surface area (Å²) in [5.41, 5.74) is 1.46. The highest BCUT2D eigenvalue weighted by molar-refractivity contribution is 5.18.